The van der Waals surface area contributed by atoms with Crippen molar-refractivity contribution in [1.82, 2.24) is 0 Å². The summed E-state index contributed by atoms with van der Waals surface area (Å²) in [4.78, 5) is 0. The van der Waals surface area contributed by atoms with E-state index in [9.17, 15) is 15.1 Å². The smallest absolute Gasteiger partial charge is 0.0622 e. The molecule has 0 aliphatic heterocycles. The molecule has 0 radical (unpaired) electrons. The van der Waals surface area contributed by atoms with Crippen molar-refractivity contribution in [2.45, 2.75) is 0 Å². The molecular weight excluding hydrogens is 577 g/mol. The van der Waals surface area contributed by atoms with Crippen LogP contribution in [0.15, 0.2) is 193 Å². The zero-order valence-electron chi connectivity index (χ0n) is 56.0. The van der Waals surface area contributed by atoms with Gasteiger partial charge in [-0.2, -0.15) is 0 Å². The van der Waals surface area contributed by atoms with E-state index in [1.54, 1.807) is 0 Å². The van der Waals surface area contributed by atoms with Gasteiger partial charge in [-0.05, 0) is 106 Å². The van der Waals surface area contributed by atoms with Crippen LogP contribution in [0.2, 0.25) is 0 Å². The summed E-state index contributed by atoms with van der Waals surface area (Å²) in [6.07, 6.45) is 0. The average Bonchev–Trinajstić information content (AvgIpc) is 2.70. The lowest BCUT2D eigenvalue weighted by Crippen LogP contribution is -1.92. The Labute approximate surface area is 326 Å². The first-order chi connectivity index (χ1) is 37.1. The Balaban J connectivity index is 1.59. The van der Waals surface area contributed by atoms with Crippen molar-refractivity contribution in [3.05, 3.63) is 193 Å². The maximum atomic E-state index is 10.1. The van der Waals surface area contributed by atoms with Crippen molar-refractivity contribution in [3.63, 3.8) is 0 Å². The van der Waals surface area contributed by atoms with Crippen LogP contribution in [0.25, 0.3) is 88.0 Å². The molecule has 0 aliphatic carbocycles. The summed E-state index contributed by atoms with van der Waals surface area (Å²) >= 11 is 0. The minimum atomic E-state index is -1.20. The fourth-order valence-corrected chi connectivity index (χ4v) is 5.16. The predicted octanol–water partition coefficient (Wildman–Crippen LogP) is 13.5. The first kappa shape index (κ1) is 10.4. The van der Waals surface area contributed by atoms with E-state index in [-0.39, 0.29) is 0 Å². The van der Waals surface area contributed by atoms with Crippen molar-refractivity contribution in [1.29, 1.82) is 0 Å². The topological polar surface area (TPSA) is 0 Å². The monoisotopic (exact) mass is 640 g/mol. The first-order valence-corrected chi connectivity index (χ1v) is 14.0. The molecule has 0 amide bonds. The van der Waals surface area contributed by atoms with Gasteiger partial charge in [0.25, 0.3) is 0 Å². The van der Waals surface area contributed by atoms with E-state index in [0.717, 1.165) is 0 Å². The molecule has 0 spiro atoms. The van der Waals surface area contributed by atoms with E-state index in [2.05, 4.69) is 0 Å². The minimum Gasteiger partial charge on any atom is -0.0622 e. The maximum absolute atomic E-state index is 10.1. The van der Waals surface area contributed by atoms with Gasteiger partial charge in [0.15, 0.2) is 0 Å². The molecule has 0 saturated heterocycles. The molecule has 0 N–H and O–H groups in total. The van der Waals surface area contributed by atoms with Crippen molar-refractivity contribution in [2.24, 2.45) is 0 Å². The molecule has 0 heterocycles. The van der Waals surface area contributed by atoms with Crippen molar-refractivity contribution in [3.8, 4) is 55.6 Å². The summed E-state index contributed by atoms with van der Waals surface area (Å²) in [5.41, 5.74) is -9.11. The molecule has 48 heavy (non-hydrogen) atoms. The van der Waals surface area contributed by atoms with Gasteiger partial charge in [-0.1, -0.05) is 175 Å². The second-order valence-corrected chi connectivity index (χ2v) is 10.0. The van der Waals surface area contributed by atoms with Crippen LogP contribution in [0.1, 0.15) is 43.9 Å². The molecule has 9 aromatic carbocycles. The second kappa shape index (κ2) is 11.8. The summed E-state index contributed by atoms with van der Waals surface area (Å²) in [7, 11) is 0. The van der Waals surface area contributed by atoms with Gasteiger partial charge in [-0.25, -0.2) is 0 Å². The van der Waals surface area contributed by atoms with Crippen molar-refractivity contribution < 1.29 is 43.9 Å². The molecule has 0 unspecified atom stereocenters. The van der Waals surface area contributed by atoms with Crippen LogP contribution in [0, 0.1) is 0 Å². The van der Waals surface area contributed by atoms with Gasteiger partial charge >= 0.3 is 0 Å². The lowest BCUT2D eigenvalue weighted by atomic mass is 9.84. The predicted molar refractivity (Wildman–Crippen MR) is 206 cm³/mol. The third kappa shape index (κ3) is 4.96. The van der Waals surface area contributed by atoms with Crippen LogP contribution < -0.4 is 0 Å². The molecule has 0 heteroatoms. The van der Waals surface area contributed by atoms with Gasteiger partial charge < -0.3 is 0 Å². The van der Waals surface area contributed by atoms with Crippen LogP contribution in [-0.2, 0) is 0 Å². The third-order valence-corrected chi connectivity index (χ3v) is 7.25. The van der Waals surface area contributed by atoms with E-state index in [0.29, 0.717) is 0 Å². The molecule has 0 saturated carbocycles. The quantitative estimate of drug-likeness (QED) is 0.164. The Morgan fingerprint density at radius 1 is 0.229 bits per heavy atom. The lowest BCUT2D eigenvalue weighted by Gasteiger charge is -2.19. The Bertz CT molecular complexity index is 4340. The highest BCUT2D eigenvalue weighted by Gasteiger charge is 2.18. The number of fused-ring (bicyclic) bond motifs is 3. The molecule has 0 atom stereocenters. The van der Waals surface area contributed by atoms with Gasteiger partial charge in [0.05, 0.1) is 43.9 Å². The van der Waals surface area contributed by atoms with Crippen molar-refractivity contribution in [2.75, 3.05) is 0 Å². The Morgan fingerprint density at radius 2 is 0.667 bits per heavy atom. The molecule has 224 valence electrons. The van der Waals surface area contributed by atoms with Crippen LogP contribution in [-0.4, -0.2) is 0 Å². The molecule has 0 bridgehead atoms. The number of hydrogen-bond donors (Lipinski definition) is 0. The fourth-order valence-electron chi connectivity index (χ4n) is 5.16. The molecular formula is C48H32. The van der Waals surface area contributed by atoms with Gasteiger partial charge in [0.2, 0.25) is 0 Å². The normalized spacial score (nSPS) is 20.7. The van der Waals surface area contributed by atoms with Gasteiger partial charge in [0.1, 0.15) is 0 Å². The molecule has 0 nitrogen and oxygen atoms in total. The molecule has 9 aromatic rings. The number of hydrogen-bond acceptors (Lipinski definition) is 0. The number of benzene rings is 9. The summed E-state index contributed by atoms with van der Waals surface area (Å²) in [5, 5.41) is -4.88. The van der Waals surface area contributed by atoms with Crippen LogP contribution >= 0.6 is 0 Å². The van der Waals surface area contributed by atoms with E-state index < -0.39 is 281 Å². The summed E-state index contributed by atoms with van der Waals surface area (Å²) in [5.74, 6) is 0. The Kier molecular flexibility index (Phi) is 2.56. The maximum Gasteiger partial charge on any atom is 0.0636 e. The Morgan fingerprint density at radius 3 is 1.40 bits per heavy atom. The first-order valence-electron chi connectivity index (χ1n) is 30.0. The average molecular weight is 641 g/mol. The molecule has 0 fully saturated rings. The van der Waals surface area contributed by atoms with E-state index in [1.165, 1.54) is 0 Å². The van der Waals surface area contributed by atoms with Gasteiger partial charge in [0, 0.05) is 0 Å². The second-order valence-electron chi connectivity index (χ2n) is 10.0. The molecule has 0 aliphatic rings. The summed E-state index contributed by atoms with van der Waals surface area (Å²) < 4.78 is 287. The largest absolute Gasteiger partial charge is 0.0636 e. The standard InChI is InChI=1S/C48H32/c1-3-12-33(13-4-1)35-22-24-36(25-23-35)39-18-11-19-42(31-39)48-44-21-10-9-20-43(44)47(37-15-5-2-6-16-37)46-32-41(28-29-45(46)48)40-27-26-34-14-7-8-17-38(34)30-40/h1-32H/i1D,2D,3D,4D,5D,6D,7D,8D,9D,10D,11D,12D,13D,14D,15D,16D,17D,18D,19D,20D,21D,22D,23D,24D,25D,26D,27D,28D,29D,30D,31D,32D. The zero-order valence-corrected chi connectivity index (χ0v) is 24.0. The summed E-state index contributed by atoms with van der Waals surface area (Å²) in [6, 6.07) is -33.3. The SMILES string of the molecule is [2H]c1c([2H])c([2H])c(-c2c([2H])c([2H])c(-c3c([2H])c([2H])c([2H])c(-c4c5c([2H])c([2H])c([2H])c([2H])c5c(-c5c([2H])c([2H])c([2H])c([2H])c5[2H])c5c([2H])c(-c6c([2H])c([2H])c7c([2H])c([2H])c([2H])c([2H])c7c6[2H])c([2H])c([2H])c45)c3[2H])c([2H])c2[2H])c([2H])c1[2H]. The molecule has 0 aromatic heterocycles. The van der Waals surface area contributed by atoms with E-state index in [4.69, 9.17) is 28.8 Å². The lowest BCUT2D eigenvalue weighted by molar-refractivity contribution is 1.58. The number of rotatable bonds is 5. The van der Waals surface area contributed by atoms with Crippen LogP contribution in [0.4, 0.5) is 0 Å². The zero-order chi connectivity index (χ0) is 59.7. The molecule has 9 rings (SSSR count). The highest BCUT2D eigenvalue weighted by molar-refractivity contribution is 6.22. The Hall–Kier alpha value is -6.24. The van der Waals surface area contributed by atoms with Crippen LogP contribution in [0.3, 0.4) is 0 Å². The van der Waals surface area contributed by atoms with Gasteiger partial charge in [-0.15, -0.1) is 0 Å². The minimum absolute atomic E-state index is 0.625. The highest BCUT2D eigenvalue weighted by Crippen LogP contribution is 2.45. The van der Waals surface area contributed by atoms with E-state index in [1.807, 2.05) is 0 Å². The third-order valence-electron chi connectivity index (χ3n) is 7.25. The van der Waals surface area contributed by atoms with Gasteiger partial charge in [-0.3, -0.25) is 0 Å². The van der Waals surface area contributed by atoms with E-state index >= 15 is 0 Å². The summed E-state index contributed by atoms with van der Waals surface area (Å²) in [6.45, 7) is 0. The fraction of sp³-hybridized carbons (Fsp3) is 0. The van der Waals surface area contributed by atoms with Crippen molar-refractivity contribution >= 4 is 32.3 Å². The highest BCUT2D eigenvalue weighted by atomic mass is 14.2. The van der Waals surface area contributed by atoms with Crippen LogP contribution in [0.5, 0.6) is 0 Å².